The van der Waals surface area contributed by atoms with Gasteiger partial charge in [0.05, 0.1) is 17.9 Å². The van der Waals surface area contributed by atoms with Crippen molar-refractivity contribution in [3.8, 4) is 0 Å². The van der Waals surface area contributed by atoms with Crippen LogP contribution < -0.4 is 15.1 Å². The van der Waals surface area contributed by atoms with Crippen molar-refractivity contribution in [1.29, 1.82) is 0 Å². The van der Waals surface area contributed by atoms with Gasteiger partial charge in [-0.2, -0.15) is 0 Å². The average Bonchev–Trinajstić information content (AvgIpc) is 3.43. The van der Waals surface area contributed by atoms with Crippen LogP contribution in [0.2, 0.25) is 0 Å². The Bertz CT molecular complexity index is 924. The Morgan fingerprint density at radius 3 is 2.88 bits per heavy atom. The molecule has 2 aromatic rings. The number of hydrogen-bond acceptors (Lipinski definition) is 7. The van der Waals surface area contributed by atoms with E-state index in [2.05, 4.69) is 30.2 Å². The van der Waals surface area contributed by atoms with Crippen LogP contribution in [-0.2, 0) is 0 Å². The molecule has 1 saturated heterocycles. The summed E-state index contributed by atoms with van der Waals surface area (Å²) in [6.07, 6.45) is 6.98. The molecule has 2 bridgehead atoms. The molecule has 2 aromatic heterocycles. The number of rotatable bonds is 3. The van der Waals surface area contributed by atoms with Gasteiger partial charge in [0.15, 0.2) is 11.6 Å². The van der Waals surface area contributed by atoms with Gasteiger partial charge in [-0.15, -0.1) is 0 Å². The zero-order valence-corrected chi connectivity index (χ0v) is 13.7. The zero-order valence-electron chi connectivity index (χ0n) is 13.7. The monoisotopic (exact) mass is 349 g/mol. The number of urea groups is 1. The van der Waals surface area contributed by atoms with E-state index in [0.29, 0.717) is 17.3 Å². The van der Waals surface area contributed by atoms with Crippen LogP contribution in [0.25, 0.3) is 0 Å². The Morgan fingerprint density at radius 1 is 1.23 bits per heavy atom. The number of fused-ring (bicyclic) bond motifs is 4. The average molecular weight is 349 g/mol. The third-order valence-corrected chi connectivity index (χ3v) is 4.79. The Hall–Kier alpha value is -3.36. The molecule has 5 heterocycles. The lowest BCUT2D eigenvalue weighted by Crippen LogP contribution is -2.48. The largest absolute Gasteiger partial charge is 0.366 e. The molecule has 2 amide bonds. The van der Waals surface area contributed by atoms with E-state index in [1.165, 1.54) is 12.4 Å². The first kappa shape index (κ1) is 14.9. The molecule has 1 unspecified atom stereocenters. The molecule has 0 aliphatic carbocycles. The van der Waals surface area contributed by atoms with Gasteiger partial charge in [-0.05, 0) is 18.6 Å². The zero-order chi connectivity index (χ0) is 17.7. The number of nitrogens with zero attached hydrogens (tertiary/aromatic N) is 6. The first-order valence-electron chi connectivity index (χ1n) is 8.40. The van der Waals surface area contributed by atoms with Gasteiger partial charge in [-0.1, -0.05) is 0 Å². The van der Waals surface area contributed by atoms with Crippen molar-refractivity contribution >= 4 is 35.4 Å². The van der Waals surface area contributed by atoms with Crippen molar-refractivity contribution in [2.75, 3.05) is 28.2 Å². The number of ketones is 1. The van der Waals surface area contributed by atoms with Gasteiger partial charge in [0.1, 0.15) is 11.7 Å². The molecule has 1 fully saturated rings. The number of carbonyl (C=O) groups excluding carboxylic acids is 2. The highest BCUT2D eigenvalue weighted by atomic mass is 16.2. The summed E-state index contributed by atoms with van der Waals surface area (Å²) in [6.45, 7) is 1.61. The van der Waals surface area contributed by atoms with Crippen molar-refractivity contribution < 1.29 is 9.59 Å². The van der Waals surface area contributed by atoms with Crippen LogP contribution in [0.5, 0.6) is 0 Å². The summed E-state index contributed by atoms with van der Waals surface area (Å²) in [7, 11) is 0. The smallest absolute Gasteiger partial charge is 0.329 e. The molecule has 26 heavy (non-hydrogen) atoms. The van der Waals surface area contributed by atoms with Gasteiger partial charge < -0.3 is 4.90 Å². The van der Waals surface area contributed by atoms with Crippen LogP contribution in [0.4, 0.5) is 22.1 Å². The summed E-state index contributed by atoms with van der Waals surface area (Å²) in [5.41, 5.74) is 1.19. The standard InChI is InChI=1S/C17H15N7O2/c25-15(12-7-20-12)11-1-2-13-16(21-11)24(10-3-6-23(13)9-10)17(26)22-14-8-18-4-5-19-14/h1-2,4-5,7-8,10,12H,3,6,9H2,(H,19,22,26)/t10-,12?/m0/s1. The normalized spacial score (nSPS) is 22.2. The fraction of sp³-hybridized carbons (Fsp3) is 0.294. The topological polar surface area (TPSA) is 104 Å². The Labute approximate surface area is 148 Å². The molecule has 0 saturated carbocycles. The lowest BCUT2D eigenvalue weighted by atomic mass is 10.1. The highest BCUT2D eigenvalue weighted by molar-refractivity contribution is 6.15. The van der Waals surface area contributed by atoms with Gasteiger partial charge in [-0.25, -0.2) is 14.8 Å². The van der Waals surface area contributed by atoms with Gasteiger partial charge >= 0.3 is 6.03 Å². The molecular formula is C17H15N7O2. The van der Waals surface area contributed by atoms with Crippen LogP contribution >= 0.6 is 0 Å². The van der Waals surface area contributed by atoms with Crippen LogP contribution in [0, 0.1) is 0 Å². The maximum atomic E-state index is 12.9. The SMILES string of the molecule is O=C(c1ccc2c(n1)N(C(=O)Nc1cnccn1)[C@H]1CCN2C1)C1C=N1. The van der Waals surface area contributed by atoms with Gasteiger partial charge in [0, 0.05) is 31.7 Å². The summed E-state index contributed by atoms with van der Waals surface area (Å²) >= 11 is 0. The molecule has 3 aliphatic rings. The minimum absolute atomic E-state index is 0.00852. The highest BCUT2D eigenvalue weighted by Crippen LogP contribution is 2.39. The number of aromatic nitrogens is 3. The van der Waals surface area contributed by atoms with E-state index >= 15 is 0 Å². The maximum absolute atomic E-state index is 12.9. The Morgan fingerprint density at radius 2 is 2.12 bits per heavy atom. The van der Waals surface area contributed by atoms with E-state index in [4.69, 9.17) is 0 Å². The van der Waals surface area contributed by atoms with Crippen molar-refractivity contribution in [2.24, 2.45) is 4.99 Å². The molecule has 5 rings (SSSR count). The lowest BCUT2D eigenvalue weighted by Gasteiger charge is -2.35. The second-order valence-corrected chi connectivity index (χ2v) is 6.43. The van der Waals surface area contributed by atoms with Crippen LogP contribution in [0.3, 0.4) is 0 Å². The predicted octanol–water partition coefficient (Wildman–Crippen LogP) is 1.14. The molecule has 9 heteroatoms. The van der Waals surface area contributed by atoms with Crippen LogP contribution in [0.1, 0.15) is 16.9 Å². The third-order valence-electron chi connectivity index (χ3n) is 4.79. The van der Waals surface area contributed by atoms with E-state index in [0.717, 1.165) is 25.2 Å². The van der Waals surface area contributed by atoms with E-state index in [1.807, 2.05) is 6.07 Å². The van der Waals surface area contributed by atoms with E-state index in [1.54, 1.807) is 23.4 Å². The van der Waals surface area contributed by atoms with Crippen LogP contribution in [-0.4, -0.2) is 58.2 Å². The summed E-state index contributed by atoms with van der Waals surface area (Å²) in [4.78, 5) is 45.5. The number of pyridine rings is 1. The van der Waals surface area contributed by atoms with Gasteiger partial charge in [0.2, 0.25) is 5.78 Å². The second-order valence-electron chi connectivity index (χ2n) is 6.43. The van der Waals surface area contributed by atoms with Crippen molar-refractivity contribution in [1.82, 2.24) is 15.0 Å². The fourth-order valence-corrected chi connectivity index (χ4v) is 3.47. The number of hydrogen-bond donors (Lipinski definition) is 1. The predicted molar refractivity (Wildman–Crippen MR) is 95.0 cm³/mol. The molecule has 3 aliphatic heterocycles. The minimum Gasteiger partial charge on any atom is -0.366 e. The summed E-state index contributed by atoms with van der Waals surface area (Å²) in [5, 5.41) is 2.76. The van der Waals surface area contributed by atoms with E-state index < -0.39 is 6.04 Å². The van der Waals surface area contributed by atoms with Gasteiger partial charge in [-0.3, -0.25) is 25.0 Å². The van der Waals surface area contributed by atoms with E-state index in [9.17, 15) is 9.59 Å². The molecule has 1 N–H and O–H groups in total. The Kier molecular flexibility index (Phi) is 3.21. The fourth-order valence-electron chi connectivity index (χ4n) is 3.47. The third kappa shape index (κ3) is 2.40. The number of anilines is 3. The van der Waals surface area contributed by atoms with Crippen LogP contribution in [0.15, 0.2) is 35.7 Å². The number of amides is 2. The number of Topliss-reactive ketones (excluding diaryl/α,β-unsaturated/α-hetero) is 1. The van der Waals surface area contributed by atoms with Gasteiger partial charge in [0.25, 0.3) is 0 Å². The second kappa shape index (κ2) is 5.58. The lowest BCUT2D eigenvalue weighted by molar-refractivity contribution is 0.0991. The number of nitrogens with one attached hydrogen (secondary N) is 1. The Balaban J connectivity index is 1.51. The summed E-state index contributed by atoms with van der Waals surface area (Å²) in [5.74, 6) is 0.736. The van der Waals surface area contributed by atoms with Crippen molar-refractivity contribution in [3.63, 3.8) is 0 Å². The molecule has 0 aromatic carbocycles. The first-order valence-corrected chi connectivity index (χ1v) is 8.40. The first-order chi connectivity index (χ1) is 12.7. The molecule has 9 nitrogen and oxygen atoms in total. The number of aliphatic imine (C=N–C) groups is 1. The quantitative estimate of drug-likeness (QED) is 0.834. The van der Waals surface area contributed by atoms with E-state index in [-0.39, 0.29) is 17.9 Å². The highest BCUT2D eigenvalue weighted by Gasteiger charge is 2.41. The van der Waals surface area contributed by atoms with Crippen molar-refractivity contribution in [3.05, 3.63) is 36.4 Å². The molecule has 2 atom stereocenters. The molecule has 0 radical (unpaired) electrons. The molecule has 0 spiro atoms. The van der Waals surface area contributed by atoms with Crippen molar-refractivity contribution in [2.45, 2.75) is 18.5 Å². The molecular weight excluding hydrogens is 334 g/mol. The maximum Gasteiger partial charge on any atom is 0.329 e. The molecule has 130 valence electrons. The summed E-state index contributed by atoms with van der Waals surface area (Å²) < 4.78 is 0. The minimum atomic E-state index is -0.400. The summed E-state index contributed by atoms with van der Waals surface area (Å²) in [6, 6.07) is 2.86. The number of carbonyl (C=O) groups is 2.